The Balaban J connectivity index is 1.94. The fourth-order valence-electron chi connectivity index (χ4n) is 2.53. The molecule has 2 heterocycles. The van der Waals surface area contributed by atoms with Gasteiger partial charge in [-0.2, -0.15) is 0 Å². The molecule has 2 fully saturated rings. The van der Waals surface area contributed by atoms with Crippen LogP contribution in [0.4, 0.5) is 0 Å². The van der Waals surface area contributed by atoms with Gasteiger partial charge in [0.05, 0.1) is 6.61 Å². The lowest BCUT2D eigenvalue weighted by molar-refractivity contribution is -0.165. The van der Waals surface area contributed by atoms with E-state index >= 15 is 0 Å². The number of rotatable bonds is 4. The van der Waals surface area contributed by atoms with E-state index in [1.807, 2.05) is 13.8 Å². The summed E-state index contributed by atoms with van der Waals surface area (Å²) in [5.74, 6) is -0.375. The summed E-state index contributed by atoms with van der Waals surface area (Å²) >= 11 is 0. The van der Waals surface area contributed by atoms with Gasteiger partial charge in [0.2, 0.25) is 5.91 Å². The molecular weight excluding hydrogens is 266 g/mol. The largest absolute Gasteiger partial charge is 0.457 e. The first-order chi connectivity index (χ1) is 9.38. The summed E-state index contributed by atoms with van der Waals surface area (Å²) in [6, 6.07) is -0.633. The van der Waals surface area contributed by atoms with Gasteiger partial charge in [-0.1, -0.05) is 13.8 Å². The Hall–Kier alpha value is -1.18. The van der Waals surface area contributed by atoms with E-state index in [1.54, 1.807) is 0 Å². The number of aliphatic hydroxyl groups is 1. The molecule has 114 valence electrons. The van der Waals surface area contributed by atoms with E-state index in [2.05, 4.69) is 5.32 Å². The number of fused-ring (bicyclic) bond motifs is 1. The molecular formula is C13H21NO6. The van der Waals surface area contributed by atoms with Gasteiger partial charge >= 0.3 is 5.97 Å². The first-order valence-corrected chi connectivity index (χ1v) is 6.80. The summed E-state index contributed by atoms with van der Waals surface area (Å²) in [4.78, 5) is 22.8. The lowest BCUT2D eigenvalue weighted by Crippen LogP contribution is -2.46. The van der Waals surface area contributed by atoms with Gasteiger partial charge in [-0.15, -0.1) is 0 Å². The topological polar surface area (TPSA) is 94.1 Å². The summed E-state index contributed by atoms with van der Waals surface area (Å²) in [5.41, 5.74) is 0. The molecule has 0 aromatic heterocycles. The van der Waals surface area contributed by atoms with Crippen molar-refractivity contribution < 1.29 is 28.9 Å². The molecule has 0 aromatic rings. The highest BCUT2D eigenvalue weighted by Gasteiger charge is 2.54. The van der Waals surface area contributed by atoms with Gasteiger partial charge in [-0.3, -0.25) is 9.59 Å². The van der Waals surface area contributed by atoms with E-state index in [1.165, 1.54) is 6.92 Å². The highest BCUT2D eigenvalue weighted by Crippen LogP contribution is 2.32. The number of esters is 1. The van der Waals surface area contributed by atoms with E-state index in [4.69, 9.17) is 14.2 Å². The Labute approximate surface area is 117 Å². The van der Waals surface area contributed by atoms with Crippen molar-refractivity contribution in [3.8, 4) is 0 Å². The molecule has 5 atom stereocenters. The number of hydrogen-bond acceptors (Lipinski definition) is 6. The van der Waals surface area contributed by atoms with Crippen molar-refractivity contribution in [1.29, 1.82) is 0 Å². The summed E-state index contributed by atoms with van der Waals surface area (Å²) in [6.45, 7) is 5.42. The number of aliphatic hydroxyl groups excluding tert-OH is 1. The molecule has 2 N–H and O–H groups in total. The van der Waals surface area contributed by atoms with Crippen molar-refractivity contribution >= 4 is 11.9 Å². The van der Waals surface area contributed by atoms with Crippen LogP contribution < -0.4 is 5.32 Å². The SMILES string of the molecule is CC(=O)N[C@H]1C(O)O[C@H]2[C@@H]1OC[C@H]2OC(=O)CC(C)C. The standard InChI is InChI=1S/C13H21NO6/c1-6(2)4-9(16)19-8-5-18-12-10(14-7(3)15)13(17)20-11(8)12/h6,8,10-13,17H,4-5H2,1-3H3,(H,14,15)/t8-,10-,11-,12-,13?/m1/s1. The summed E-state index contributed by atoms with van der Waals surface area (Å²) in [6.07, 6.45) is -2.41. The molecule has 7 nitrogen and oxygen atoms in total. The van der Waals surface area contributed by atoms with Crippen LogP contribution in [0.1, 0.15) is 27.2 Å². The third-order valence-corrected chi connectivity index (χ3v) is 3.33. The van der Waals surface area contributed by atoms with Crippen LogP contribution in [0.15, 0.2) is 0 Å². The van der Waals surface area contributed by atoms with Gasteiger partial charge in [-0.25, -0.2) is 0 Å². The lowest BCUT2D eigenvalue weighted by Gasteiger charge is -2.18. The summed E-state index contributed by atoms with van der Waals surface area (Å²) < 4.78 is 16.2. The van der Waals surface area contributed by atoms with Gasteiger partial charge < -0.3 is 24.6 Å². The van der Waals surface area contributed by atoms with Crippen LogP contribution in [0.2, 0.25) is 0 Å². The quantitative estimate of drug-likeness (QED) is 0.681. The second-order valence-corrected chi connectivity index (χ2v) is 5.64. The van der Waals surface area contributed by atoms with E-state index in [-0.39, 0.29) is 24.4 Å². The van der Waals surface area contributed by atoms with Crippen LogP contribution in [0.25, 0.3) is 0 Å². The van der Waals surface area contributed by atoms with E-state index in [9.17, 15) is 14.7 Å². The fourth-order valence-corrected chi connectivity index (χ4v) is 2.53. The molecule has 2 saturated heterocycles. The predicted octanol–water partition coefficient (Wildman–Crippen LogP) is -0.435. The van der Waals surface area contributed by atoms with Crippen LogP contribution in [-0.4, -0.2) is 54.2 Å². The number of ether oxygens (including phenoxy) is 3. The van der Waals surface area contributed by atoms with Crippen LogP contribution in [0, 0.1) is 5.92 Å². The van der Waals surface area contributed by atoms with Crippen molar-refractivity contribution in [3.05, 3.63) is 0 Å². The molecule has 2 rings (SSSR count). The van der Waals surface area contributed by atoms with Gasteiger partial charge in [-0.05, 0) is 5.92 Å². The van der Waals surface area contributed by atoms with E-state index in [0.29, 0.717) is 6.42 Å². The van der Waals surface area contributed by atoms with Crippen molar-refractivity contribution in [2.75, 3.05) is 6.61 Å². The minimum atomic E-state index is -1.15. The summed E-state index contributed by atoms with van der Waals surface area (Å²) in [5, 5.41) is 12.4. The Morgan fingerprint density at radius 2 is 2.10 bits per heavy atom. The molecule has 7 heteroatoms. The van der Waals surface area contributed by atoms with Gasteiger partial charge in [0.25, 0.3) is 0 Å². The zero-order valence-electron chi connectivity index (χ0n) is 11.9. The smallest absolute Gasteiger partial charge is 0.306 e. The minimum absolute atomic E-state index is 0.210. The predicted molar refractivity (Wildman–Crippen MR) is 67.6 cm³/mol. The average molecular weight is 287 g/mol. The van der Waals surface area contributed by atoms with Gasteiger partial charge in [0.1, 0.15) is 18.2 Å². The summed E-state index contributed by atoms with van der Waals surface area (Å²) in [7, 11) is 0. The number of carbonyl (C=O) groups excluding carboxylic acids is 2. The second kappa shape index (κ2) is 6.07. The molecule has 0 spiro atoms. The first-order valence-electron chi connectivity index (χ1n) is 6.80. The van der Waals surface area contributed by atoms with Crippen LogP contribution in [0.3, 0.4) is 0 Å². The highest BCUT2D eigenvalue weighted by atomic mass is 16.7. The average Bonchev–Trinajstić information content (AvgIpc) is 2.80. The molecule has 1 amide bonds. The normalized spacial score (nSPS) is 36.0. The molecule has 0 bridgehead atoms. The Bertz CT molecular complexity index is 385. The van der Waals surface area contributed by atoms with Crippen LogP contribution >= 0.6 is 0 Å². The monoisotopic (exact) mass is 287 g/mol. The Morgan fingerprint density at radius 1 is 1.40 bits per heavy atom. The third kappa shape index (κ3) is 3.28. The maximum Gasteiger partial charge on any atom is 0.306 e. The van der Waals surface area contributed by atoms with Crippen molar-refractivity contribution in [2.24, 2.45) is 5.92 Å². The van der Waals surface area contributed by atoms with Crippen molar-refractivity contribution in [3.63, 3.8) is 0 Å². The fraction of sp³-hybridized carbons (Fsp3) is 0.846. The molecule has 0 radical (unpaired) electrons. The van der Waals surface area contributed by atoms with E-state index < -0.39 is 30.6 Å². The van der Waals surface area contributed by atoms with Crippen LogP contribution in [-0.2, 0) is 23.8 Å². The molecule has 0 aliphatic carbocycles. The number of nitrogens with one attached hydrogen (secondary N) is 1. The van der Waals surface area contributed by atoms with E-state index in [0.717, 1.165) is 0 Å². The number of amides is 1. The minimum Gasteiger partial charge on any atom is -0.457 e. The molecule has 0 saturated carbocycles. The third-order valence-electron chi connectivity index (χ3n) is 3.33. The van der Waals surface area contributed by atoms with Gasteiger partial charge in [0.15, 0.2) is 12.4 Å². The second-order valence-electron chi connectivity index (χ2n) is 5.64. The number of hydrogen-bond donors (Lipinski definition) is 2. The molecule has 2 aliphatic heterocycles. The highest BCUT2D eigenvalue weighted by molar-refractivity contribution is 5.73. The maximum absolute atomic E-state index is 11.7. The van der Waals surface area contributed by atoms with Gasteiger partial charge in [0, 0.05) is 13.3 Å². The molecule has 1 unspecified atom stereocenters. The first kappa shape index (κ1) is 15.2. The Kier molecular flexibility index (Phi) is 4.62. The van der Waals surface area contributed by atoms with Crippen LogP contribution in [0.5, 0.6) is 0 Å². The molecule has 20 heavy (non-hydrogen) atoms. The number of carbonyl (C=O) groups is 2. The molecule has 0 aromatic carbocycles. The molecule has 2 aliphatic rings. The maximum atomic E-state index is 11.7. The zero-order valence-corrected chi connectivity index (χ0v) is 11.9. The Morgan fingerprint density at radius 3 is 2.70 bits per heavy atom. The van der Waals surface area contributed by atoms with Crippen molar-refractivity contribution in [2.45, 2.75) is 57.8 Å². The lowest BCUT2D eigenvalue weighted by atomic mass is 10.1. The van der Waals surface area contributed by atoms with Crippen molar-refractivity contribution in [1.82, 2.24) is 5.32 Å². The zero-order chi connectivity index (χ0) is 14.9.